The average molecular weight is 339 g/mol. The van der Waals surface area contributed by atoms with Gasteiger partial charge in [0.2, 0.25) is 0 Å². The molecule has 2 atom stereocenters. The van der Waals surface area contributed by atoms with Gasteiger partial charge in [-0.3, -0.25) is 9.78 Å². The third-order valence-corrected chi connectivity index (χ3v) is 4.83. The summed E-state index contributed by atoms with van der Waals surface area (Å²) in [6, 6.07) is 11.3. The second-order valence-corrected chi connectivity index (χ2v) is 6.60. The van der Waals surface area contributed by atoms with Crippen LogP contribution in [0.5, 0.6) is 5.75 Å². The molecule has 0 unspecified atom stereocenters. The Morgan fingerprint density at radius 1 is 1.36 bits per heavy atom. The monoisotopic (exact) mass is 339 g/mol. The number of benzene rings is 1. The van der Waals surface area contributed by atoms with Crippen molar-refractivity contribution in [1.82, 2.24) is 9.88 Å². The third-order valence-electron chi connectivity index (χ3n) is 4.83. The molecule has 1 aliphatic heterocycles. The van der Waals surface area contributed by atoms with Crippen molar-refractivity contribution in [2.75, 3.05) is 13.1 Å². The van der Waals surface area contributed by atoms with Gasteiger partial charge >= 0.3 is 0 Å². The molecule has 132 valence electrons. The molecule has 2 N–H and O–H groups in total. The van der Waals surface area contributed by atoms with Crippen molar-refractivity contribution in [3.8, 4) is 5.75 Å². The largest absolute Gasteiger partial charge is 0.489 e. The lowest BCUT2D eigenvalue weighted by molar-refractivity contribution is 0.0532. The van der Waals surface area contributed by atoms with Gasteiger partial charge in [-0.05, 0) is 43.0 Å². The summed E-state index contributed by atoms with van der Waals surface area (Å²) in [5.74, 6) is 1.16. The van der Waals surface area contributed by atoms with Crippen LogP contribution in [0, 0.1) is 5.92 Å². The van der Waals surface area contributed by atoms with Crippen LogP contribution in [0.1, 0.15) is 35.7 Å². The zero-order valence-electron chi connectivity index (χ0n) is 14.6. The number of pyridine rings is 1. The molecule has 2 aromatic rings. The molecule has 0 radical (unpaired) electrons. The van der Waals surface area contributed by atoms with Crippen molar-refractivity contribution in [2.24, 2.45) is 11.7 Å². The lowest BCUT2D eigenvalue weighted by Crippen LogP contribution is -2.51. The van der Waals surface area contributed by atoms with E-state index in [0.29, 0.717) is 30.4 Å². The highest BCUT2D eigenvalue weighted by atomic mass is 16.5. The van der Waals surface area contributed by atoms with E-state index in [9.17, 15) is 4.79 Å². The zero-order chi connectivity index (χ0) is 17.6. The minimum atomic E-state index is 0.0360. The molecule has 1 saturated heterocycles. The van der Waals surface area contributed by atoms with Crippen LogP contribution in [0.2, 0.25) is 0 Å². The summed E-state index contributed by atoms with van der Waals surface area (Å²) in [5, 5.41) is 0. The molecule has 5 nitrogen and oxygen atoms in total. The van der Waals surface area contributed by atoms with Crippen LogP contribution >= 0.6 is 0 Å². The van der Waals surface area contributed by atoms with E-state index in [4.69, 9.17) is 10.5 Å². The van der Waals surface area contributed by atoms with Gasteiger partial charge in [0.15, 0.2) is 0 Å². The Bertz CT molecular complexity index is 705. The van der Waals surface area contributed by atoms with Gasteiger partial charge in [0.05, 0.1) is 0 Å². The number of carbonyl (C=O) groups excluding carboxylic acids is 1. The van der Waals surface area contributed by atoms with Gasteiger partial charge < -0.3 is 15.4 Å². The maximum absolute atomic E-state index is 12.9. The van der Waals surface area contributed by atoms with Crippen molar-refractivity contribution in [2.45, 2.75) is 32.4 Å². The lowest BCUT2D eigenvalue weighted by Gasteiger charge is -2.39. The number of amides is 1. The molecule has 1 aliphatic rings. The zero-order valence-corrected chi connectivity index (χ0v) is 14.6. The van der Waals surface area contributed by atoms with Crippen molar-refractivity contribution in [1.29, 1.82) is 0 Å². The van der Waals surface area contributed by atoms with E-state index in [1.54, 1.807) is 12.4 Å². The van der Waals surface area contributed by atoms with Crippen LogP contribution in [0.25, 0.3) is 0 Å². The Balaban J connectivity index is 1.71. The first kappa shape index (κ1) is 17.4. The molecular weight excluding hydrogens is 314 g/mol. The molecule has 0 saturated carbocycles. The predicted molar refractivity (Wildman–Crippen MR) is 97.3 cm³/mol. The van der Waals surface area contributed by atoms with E-state index in [1.165, 1.54) is 0 Å². The van der Waals surface area contributed by atoms with Crippen LogP contribution in [0.3, 0.4) is 0 Å². The quantitative estimate of drug-likeness (QED) is 0.909. The summed E-state index contributed by atoms with van der Waals surface area (Å²) in [6.45, 7) is 3.87. The first-order valence-electron chi connectivity index (χ1n) is 8.82. The van der Waals surface area contributed by atoms with Crippen molar-refractivity contribution >= 4 is 5.91 Å². The summed E-state index contributed by atoms with van der Waals surface area (Å²) in [5.41, 5.74) is 7.56. The Kier molecular flexibility index (Phi) is 5.66. The van der Waals surface area contributed by atoms with E-state index in [1.807, 2.05) is 41.3 Å². The maximum Gasteiger partial charge on any atom is 0.254 e. The molecular formula is C20H25N3O2. The normalized spacial score (nSPS) is 20.3. The Labute approximate surface area is 148 Å². The highest BCUT2D eigenvalue weighted by Crippen LogP contribution is 2.25. The number of ether oxygens (including phenoxy) is 1. The first-order chi connectivity index (χ1) is 12.2. The van der Waals surface area contributed by atoms with Crippen molar-refractivity contribution < 1.29 is 9.53 Å². The van der Waals surface area contributed by atoms with E-state index in [0.717, 1.165) is 24.9 Å². The third kappa shape index (κ3) is 4.17. The number of aromatic nitrogens is 1. The van der Waals surface area contributed by atoms with E-state index in [2.05, 4.69) is 11.9 Å². The molecule has 1 fully saturated rings. The van der Waals surface area contributed by atoms with E-state index >= 15 is 0 Å². The molecule has 3 rings (SSSR count). The fourth-order valence-electron chi connectivity index (χ4n) is 3.40. The fraction of sp³-hybridized carbons (Fsp3) is 0.400. The molecule has 5 heteroatoms. The summed E-state index contributed by atoms with van der Waals surface area (Å²) in [6.07, 6.45) is 5.66. The minimum absolute atomic E-state index is 0.0360. The maximum atomic E-state index is 12.9. The molecule has 0 aliphatic carbocycles. The number of likely N-dealkylation sites (tertiary alicyclic amines) is 1. The minimum Gasteiger partial charge on any atom is -0.489 e. The topological polar surface area (TPSA) is 68.5 Å². The van der Waals surface area contributed by atoms with E-state index < -0.39 is 0 Å². The number of rotatable bonds is 5. The van der Waals surface area contributed by atoms with Crippen LogP contribution < -0.4 is 10.5 Å². The lowest BCUT2D eigenvalue weighted by atomic mass is 9.90. The van der Waals surface area contributed by atoms with Gasteiger partial charge in [-0.15, -0.1) is 0 Å². The van der Waals surface area contributed by atoms with Crippen LogP contribution in [-0.4, -0.2) is 34.9 Å². The van der Waals surface area contributed by atoms with Gasteiger partial charge in [-0.1, -0.05) is 19.1 Å². The average Bonchev–Trinajstić information content (AvgIpc) is 2.66. The number of nitrogens with two attached hydrogens (primary N) is 1. The smallest absolute Gasteiger partial charge is 0.254 e. The summed E-state index contributed by atoms with van der Waals surface area (Å²) >= 11 is 0. The second-order valence-electron chi connectivity index (χ2n) is 6.60. The standard InChI is InChI=1S/C20H25N3O2/c1-15-5-4-10-23(19(15)12-21)20(24)17-7-2-8-18(11-17)25-14-16-6-3-9-22-13-16/h2-3,6-9,11,13,15,19H,4-5,10,12,14,21H2,1H3/t15-,19-/m1/s1. The van der Waals surface area contributed by atoms with Crippen molar-refractivity contribution in [3.05, 3.63) is 59.9 Å². The molecule has 1 aromatic carbocycles. The van der Waals surface area contributed by atoms with Crippen LogP contribution in [0.4, 0.5) is 0 Å². The Hall–Kier alpha value is -2.40. The van der Waals surface area contributed by atoms with Crippen molar-refractivity contribution in [3.63, 3.8) is 0 Å². The number of carbonyl (C=O) groups is 1. The van der Waals surface area contributed by atoms with Gasteiger partial charge in [0.1, 0.15) is 12.4 Å². The number of piperidine rings is 1. The SMILES string of the molecule is C[C@@H]1CCCN(C(=O)c2cccc(OCc3cccnc3)c2)[C@@H]1CN. The van der Waals surface area contributed by atoms with Gasteiger partial charge in [0.25, 0.3) is 5.91 Å². The second kappa shape index (κ2) is 8.12. The van der Waals surface area contributed by atoms with Gasteiger partial charge in [-0.25, -0.2) is 0 Å². The number of hydrogen-bond donors (Lipinski definition) is 1. The van der Waals surface area contributed by atoms with Gasteiger partial charge in [-0.2, -0.15) is 0 Å². The van der Waals surface area contributed by atoms with E-state index in [-0.39, 0.29) is 11.9 Å². The number of hydrogen-bond acceptors (Lipinski definition) is 4. The Morgan fingerprint density at radius 3 is 3.00 bits per heavy atom. The summed E-state index contributed by atoms with van der Waals surface area (Å²) in [7, 11) is 0. The highest BCUT2D eigenvalue weighted by Gasteiger charge is 2.31. The summed E-state index contributed by atoms with van der Waals surface area (Å²) < 4.78 is 5.81. The molecule has 1 aromatic heterocycles. The highest BCUT2D eigenvalue weighted by molar-refractivity contribution is 5.95. The Morgan fingerprint density at radius 2 is 2.24 bits per heavy atom. The predicted octanol–water partition coefficient (Wildman–Crippen LogP) is 2.86. The van der Waals surface area contributed by atoms with Gasteiger partial charge in [0, 0.05) is 42.7 Å². The molecule has 2 heterocycles. The first-order valence-corrected chi connectivity index (χ1v) is 8.82. The molecule has 1 amide bonds. The molecule has 0 bridgehead atoms. The number of nitrogens with zero attached hydrogens (tertiary/aromatic N) is 2. The summed E-state index contributed by atoms with van der Waals surface area (Å²) in [4.78, 5) is 18.9. The molecule has 0 spiro atoms. The fourth-order valence-corrected chi connectivity index (χ4v) is 3.40. The van der Waals surface area contributed by atoms with Crippen LogP contribution in [-0.2, 0) is 6.61 Å². The van der Waals surface area contributed by atoms with Crippen LogP contribution in [0.15, 0.2) is 48.8 Å². The molecule has 25 heavy (non-hydrogen) atoms.